The summed E-state index contributed by atoms with van der Waals surface area (Å²) in [5.74, 6) is 0.511. The second-order valence-electron chi connectivity index (χ2n) is 4.18. The number of piperidine rings is 1. The zero-order valence-electron chi connectivity index (χ0n) is 9.38. The molecule has 82 valence electrons. The normalized spacial score (nSPS) is 29.6. The topological polar surface area (TPSA) is 38.3 Å². The van der Waals surface area contributed by atoms with E-state index in [0.717, 1.165) is 19.4 Å². The fourth-order valence-corrected chi connectivity index (χ4v) is 2.09. The van der Waals surface area contributed by atoms with Gasteiger partial charge in [-0.25, -0.2) is 0 Å². The summed E-state index contributed by atoms with van der Waals surface area (Å²) in [7, 11) is 0. The molecular formula is C11H21NO2. The van der Waals surface area contributed by atoms with Crippen molar-refractivity contribution in [1.82, 2.24) is 5.32 Å². The van der Waals surface area contributed by atoms with E-state index in [1.807, 2.05) is 13.8 Å². The van der Waals surface area contributed by atoms with Gasteiger partial charge in [0.2, 0.25) is 0 Å². The molecule has 3 heteroatoms. The van der Waals surface area contributed by atoms with Crippen molar-refractivity contribution in [2.75, 3.05) is 13.2 Å². The molecule has 1 rings (SSSR count). The van der Waals surface area contributed by atoms with E-state index in [1.165, 1.54) is 0 Å². The molecule has 3 nitrogen and oxygen atoms in total. The second kappa shape index (κ2) is 5.35. The van der Waals surface area contributed by atoms with Crippen LogP contribution in [0.3, 0.4) is 0 Å². The van der Waals surface area contributed by atoms with Crippen molar-refractivity contribution in [1.29, 1.82) is 0 Å². The number of hydrogen-bond acceptors (Lipinski definition) is 3. The first kappa shape index (κ1) is 11.5. The third kappa shape index (κ3) is 2.98. The summed E-state index contributed by atoms with van der Waals surface area (Å²) >= 11 is 0. The zero-order chi connectivity index (χ0) is 10.6. The molecule has 14 heavy (non-hydrogen) atoms. The Bertz CT molecular complexity index is 194. The molecule has 1 fully saturated rings. The summed E-state index contributed by atoms with van der Waals surface area (Å²) in [5.41, 5.74) is 0. The predicted octanol–water partition coefficient (Wildman–Crippen LogP) is 1.57. The Morgan fingerprint density at radius 1 is 1.64 bits per heavy atom. The summed E-state index contributed by atoms with van der Waals surface area (Å²) in [6, 6.07) is 0.533. The molecule has 0 aliphatic carbocycles. The van der Waals surface area contributed by atoms with Gasteiger partial charge in [-0.2, -0.15) is 0 Å². The first-order valence-corrected chi connectivity index (χ1v) is 5.55. The van der Waals surface area contributed by atoms with Gasteiger partial charge >= 0.3 is 5.97 Å². The molecule has 0 aromatic heterocycles. The lowest BCUT2D eigenvalue weighted by atomic mass is 9.83. The van der Waals surface area contributed by atoms with Crippen LogP contribution in [0.1, 0.15) is 33.6 Å². The van der Waals surface area contributed by atoms with Crippen LogP contribution in [0.4, 0.5) is 0 Å². The van der Waals surface area contributed by atoms with Crippen LogP contribution in [0.5, 0.6) is 0 Å². The van der Waals surface area contributed by atoms with Gasteiger partial charge in [0.1, 0.15) is 0 Å². The van der Waals surface area contributed by atoms with Crippen LogP contribution < -0.4 is 5.32 Å². The molecule has 0 aromatic carbocycles. The van der Waals surface area contributed by atoms with E-state index in [1.54, 1.807) is 0 Å². The number of hydrogen-bond donors (Lipinski definition) is 1. The summed E-state index contributed by atoms with van der Waals surface area (Å²) < 4.78 is 5.03. The van der Waals surface area contributed by atoms with Crippen LogP contribution in [0.25, 0.3) is 0 Å². The molecule has 0 spiro atoms. The standard InChI is InChI=1S/C11H21NO2/c1-4-14-11(13)9(3)10-5-6-12-8(2)7-10/h8-10,12H,4-7H2,1-3H3. The van der Waals surface area contributed by atoms with E-state index in [-0.39, 0.29) is 11.9 Å². The van der Waals surface area contributed by atoms with Gasteiger partial charge in [0.15, 0.2) is 0 Å². The molecular weight excluding hydrogens is 178 g/mol. The number of ether oxygens (including phenoxy) is 1. The van der Waals surface area contributed by atoms with Crippen molar-refractivity contribution in [2.24, 2.45) is 11.8 Å². The maximum absolute atomic E-state index is 11.5. The minimum absolute atomic E-state index is 0.0356. The molecule has 0 bridgehead atoms. The summed E-state index contributed by atoms with van der Waals surface area (Å²) in [6.45, 7) is 7.53. The average molecular weight is 199 g/mol. The summed E-state index contributed by atoms with van der Waals surface area (Å²) in [4.78, 5) is 11.5. The van der Waals surface area contributed by atoms with E-state index in [4.69, 9.17) is 4.74 Å². The lowest BCUT2D eigenvalue weighted by Gasteiger charge is -2.31. The molecule has 0 saturated carbocycles. The van der Waals surface area contributed by atoms with Gasteiger partial charge in [-0.3, -0.25) is 4.79 Å². The predicted molar refractivity (Wildman–Crippen MR) is 56.0 cm³/mol. The van der Waals surface area contributed by atoms with E-state index < -0.39 is 0 Å². The van der Waals surface area contributed by atoms with Crippen LogP contribution in [0.15, 0.2) is 0 Å². The zero-order valence-corrected chi connectivity index (χ0v) is 9.38. The van der Waals surface area contributed by atoms with Crippen LogP contribution in [-0.2, 0) is 9.53 Å². The molecule has 1 aliphatic heterocycles. The van der Waals surface area contributed by atoms with Gasteiger partial charge in [-0.1, -0.05) is 6.92 Å². The van der Waals surface area contributed by atoms with Crippen molar-refractivity contribution in [3.63, 3.8) is 0 Å². The van der Waals surface area contributed by atoms with Crippen molar-refractivity contribution in [2.45, 2.75) is 39.7 Å². The molecule has 0 radical (unpaired) electrons. The average Bonchev–Trinajstić information content (AvgIpc) is 2.17. The molecule has 1 aliphatic rings. The Balaban J connectivity index is 2.42. The Kier molecular flexibility index (Phi) is 4.39. The minimum atomic E-state index is -0.0356. The lowest BCUT2D eigenvalue weighted by molar-refractivity contribution is -0.149. The van der Waals surface area contributed by atoms with Gasteiger partial charge in [-0.05, 0) is 39.2 Å². The quantitative estimate of drug-likeness (QED) is 0.701. The molecule has 3 unspecified atom stereocenters. The minimum Gasteiger partial charge on any atom is -0.466 e. The molecule has 0 amide bonds. The Morgan fingerprint density at radius 2 is 2.36 bits per heavy atom. The number of carbonyl (C=O) groups is 1. The molecule has 1 saturated heterocycles. The fourth-order valence-electron chi connectivity index (χ4n) is 2.09. The van der Waals surface area contributed by atoms with Crippen LogP contribution in [0.2, 0.25) is 0 Å². The maximum Gasteiger partial charge on any atom is 0.308 e. The molecule has 0 aromatic rings. The summed E-state index contributed by atoms with van der Waals surface area (Å²) in [5, 5.41) is 3.39. The highest BCUT2D eigenvalue weighted by Gasteiger charge is 2.28. The van der Waals surface area contributed by atoms with Crippen molar-refractivity contribution >= 4 is 5.97 Å². The molecule has 3 atom stereocenters. The van der Waals surface area contributed by atoms with Crippen molar-refractivity contribution in [3.8, 4) is 0 Å². The van der Waals surface area contributed by atoms with Crippen molar-refractivity contribution < 1.29 is 9.53 Å². The third-order valence-corrected chi connectivity index (χ3v) is 3.03. The van der Waals surface area contributed by atoms with Gasteiger partial charge in [0.25, 0.3) is 0 Å². The van der Waals surface area contributed by atoms with E-state index in [9.17, 15) is 4.79 Å². The summed E-state index contributed by atoms with van der Waals surface area (Å²) in [6.07, 6.45) is 2.17. The third-order valence-electron chi connectivity index (χ3n) is 3.03. The highest BCUT2D eigenvalue weighted by molar-refractivity contribution is 5.72. The van der Waals surface area contributed by atoms with Gasteiger partial charge in [-0.15, -0.1) is 0 Å². The smallest absolute Gasteiger partial charge is 0.308 e. The maximum atomic E-state index is 11.5. The number of rotatable bonds is 3. The van der Waals surface area contributed by atoms with Crippen LogP contribution in [-0.4, -0.2) is 25.2 Å². The molecule has 1 N–H and O–H groups in total. The van der Waals surface area contributed by atoms with Gasteiger partial charge in [0.05, 0.1) is 12.5 Å². The largest absolute Gasteiger partial charge is 0.466 e. The fraction of sp³-hybridized carbons (Fsp3) is 0.909. The number of esters is 1. The van der Waals surface area contributed by atoms with Crippen molar-refractivity contribution in [3.05, 3.63) is 0 Å². The first-order chi connectivity index (χ1) is 6.65. The van der Waals surface area contributed by atoms with E-state index in [2.05, 4.69) is 12.2 Å². The highest BCUT2D eigenvalue weighted by atomic mass is 16.5. The van der Waals surface area contributed by atoms with Crippen LogP contribution >= 0.6 is 0 Å². The molecule has 1 heterocycles. The number of nitrogens with one attached hydrogen (secondary N) is 1. The van der Waals surface area contributed by atoms with Gasteiger partial charge < -0.3 is 10.1 Å². The Morgan fingerprint density at radius 3 is 2.93 bits per heavy atom. The van der Waals surface area contributed by atoms with E-state index >= 15 is 0 Å². The second-order valence-corrected chi connectivity index (χ2v) is 4.18. The van der Waals surface area contributed by atoms with Crippen LogP contribution in [0, 0.1) is 11.8 Å². The Labute approximate surface area is 86.2 Å². The Hall–Kier alpha value is -0.570. The lowest BCUT2D eigenvalue weighted by Crippen LogP contribution is -2.39. The van der Waals surface area contributed by atoms with E-state index in [0.29, 0.717) is 18.6 Å². The monoisotopic (exact) mass is 199 g/mol. The first-order valence-electron chi connectivity index (χ1n) is 5.55. The van der Waals surface area contributed by atoms with Gasteiger partial charge in [0, 0.05) is 6.04 Å². The highest BCUT2D eigenvalue weighted by Crippen LogP contribution is 2.25. The number of carbonyl (C=O) groups excluding carboxylic acids is 1. The SMILES string of the molecule is CCOC(=O)C(C)C1CCNC(C)C1.